The molecule has 2 nitrogen and oxygen atoms in total. The molecule has 0 radical (unpaired) electrons. The normalized spacial score (nSPS) is 22.7. The summed E-state index contributed by atoms with van der Waals surface area (Å²) in [5, 5.41) is 0. The lowest BCUT2D eigenvalue weighted by Crippen LogP contribution is -2.29. The molecule has 0 aromatic rings. The number of rotatable bonds is 5. The predicted octanol–water partition coefficient (Wildman–Crippen LogP) is 3.95. The van der Waals surface area contributed by atoms with Gasteiger partial charge in [0.15, 0.2) is 0 Å². The van der Waals surface area contributed by atoms with E-state index in [1.165, 1.54) is 32.4 Å². The van der Waals surface area contributed by atoms with Crippen molar-refractivity contribution in [3.05, 3.63) is 0 Å². The van der Waals surface area contributed by atoms with E-state index in [-0.39, 0.29) is 5.60 Å². The van der Waals surface area contributed by atoms with Crippen molar-refractivity contribution in [3.8, 4) is 0 Å². The van der Waals surface area contributed by atoms with Crippen LogP contribution in [0.2, 0.25) is 0 Å². The smallest absolute Gasteiger partial charge is 0.0600 e. The van der Waals surface area contributed by atoms with Crippen LogP contribution < -0.4 is 0 Å². The highest BCUT2D eigenvalue weighted by atomic mass is 16.5. The Morgan fingerprint density at radius 3 is 2.33 bits per heavy atom. The van der Waals surface area contributed by atoms with Crippen molar-refractivity contribution in [1.82, 2.24) is 4.90 Å². The fourth-order valence-electron chi connectivity index (χ4n) is 2.47. The van der Waals surface area contributed by atoms with Crippen LogP contribution in [0.15, 0.2) is 0 Å². The molecule has 1 atom stereocenters. The first-order valence-corrected chi connectivity index (χ1v) is 7.52. The molecule has 0 bridgehead atoms. The monoisotopic (exact) mass is 255 g/mol. The largest absolute Gasteiger partial charge is 0.375 e. The van der Waals surface area contributed by atoms with Gasteiger partial charge in [-0.2, -0.15) is 0 Å². The van der Waals surface area contributed by atoms with Crippen LogP contribution in [-0.2, 0) is 4.74 Å². The zero-order valence-electron chi connectivity index (χ0n) is 13.4. The molecule has 0 aromatic carbocycles. The Kier molecular flexibility index (Phi) is 5.67. The Hall–Kier alpha value is -0.0800. The lowest BCUT2D eigenvalue weighted by Gasteiger charge is -2.23. The topological polar surface area (TPSA) is 12.5 Å². The molecule has 1 saturated heterocycles. The zero-order chi connectivity index (χ0) is 13.8. The summed E-state index contributed by atoms with van der Waals surface area (Å²) in [4.78, 5) is 2.57. The second-order valence-electron chi connectivity index (χ2n) is 8.02. The number of ether oxygens (including phenoxy) is 1. The van der Waals surface area contributed by atoms with Gasteiger partial charge in [-0.1, -0.05) is 20.8 Å². The van der Waals surface area contributed by atoms with Crippen LogP contribution in [0.1, 0.15) is 60.8 Å². The number of hydrogen-bond acceptors (Lipinski definition) is 2. The molecule has 18 heavy (non-hydrogen) atoms. The molecular weight excluding hydrogens is 222 g/mol. The van der Waals surface area contributed by atoms with Crippen LogP contribution in [0, 0.1) is 11.3 Å². The second kappa shape index (κ2) is 6.38. The van der Waals surface area contributed by atoms with Gasteiger partial charge in [0, 0.05) is 13.1 Å². The summed E-state index contributed by atoms with van der Waals surface area (Å²) in [6.07, 6.45) is 4.12. The third kappa shape index (κ3) is 7.38. The molecule has 0 N–H and O–H groups in total. The van der Waals surface area contributed by atoms with E-state index >= 15 is 0 Å². The van der Waals surface area contributed by atoms with Gasteiger partial charge < -0.3 is 9.64 Å². The number of nitrogens with zero attached hydrogens (tertiary/aromatic N) is 1. The van der Waals surface area contributed by atoms with Crippen molar-refractivity contribution >= 4 is 0 Å². The van der Waals surface area contributed by atoms with E-state index < -0.39 is 0 Å². The van der Waals surface area contributed by atoms with E-state index in [0.29, 0.717) is 5.41 Å². The predicted molar refractivity (Wildman–Crippen MR) is 78.9 cm³/mol. The summed E-state index contributed by atoms with van der Waals surface area (Å²) in [6, 6.07) is 0. The average molecular weight is 255 g/mol. The van der Waals surface area contributed by atoms with Gasteiger partial charge in [-0.15, -0.1) is 0 Å². The Labute approximate surface area is 114 Å². The molecule has 1 unspecified atom stereocenters. The van der Waals surface area contributed by atoms with E-state index in [1.807, 2.05) is 0 Å². The Bertz CT molecular complexity index is 236. The van der Waals surface area contributed by atoms with E-state index in [0.717, 1.165) is 19.1 Å². The van der Waals surface area contributed by atoms with Crippen molar-refractivity contribution in [2.75, 3.05) is 26.2 Å². The van der Waals surface area contributed by atoms with Gasteiger partial charge in [-0.3, -0.25) is 0 Å². The van der Waals surface area contributed by atoms with Gasteiger partial charge >= 0.3 is 0 Å². The minimum absolute atomic E-state index is 0.00532. The zero-order valence-corrected chi connectivity index (χ0v) is 13.4. The summed E-state index contributed by atoms with van der Waals surface area (Å²) in [6.45, 7) is 17.9. The molecule has 1 heterocycles. The molecule has 0 aliphatic carbocycles. The molecule has 1 fully saturated rings. The molecule has 0 aromatic heterocycles. The minimum Gasteiger partial charge on any atom is -0.375 e. The van der Waals surface area contributed by atoms with E-state index in [2.05, 4.69) is 46.4 Å². The first kappa shape index (κ1) is 16.0. The van der Waals surface area contributed by atoms with Crippen LogP contribution in [0.4, 0.5) is 0 Å². The van der Waals surface area contributed by atoms with Gasteiger partial charge in [0.2, 0.25) is 0 Å². The summed E-state index contributed by atoms with van der Waals surface area (Å²) >= 11 is 0. The van der Waals surface area contributed by atoms with Gasteiger partial charge in [-0.25, -0.2) is 0 Å². The lowest BCUT2D eigenvalue weighted by molar-refractivity contribution is -0.0113. The third-order valence-corrected chi connectivity index (χ3v) is 3.62. The van der Waals surface area contributed by atoms with Crippen LogP contribution in [-0.4, -0.2) is 36.7 Å². The molecule has 1 aliphatic rings. The molecule has 0 saturated carbocycles. The van der Waals surface area contributed by atoms with Crippen molar-refractivity contribution < 1.29 is 4.74 Å². The van der Waals surface area contributed by atoms with Gasteiger partial charge in [0.25, 0.3) is 0 Å². The first-order chi connectivity index (χ1) is 8.16. The summed E-state index contributed by atoms with van der Waals surface area (Å²) in [5.74, 6) is 0.916. The van der Waals surface area contributed by atoms with Gasteiger partial charge in [-0.05, 0) is 57.9 Å². The quantitative estimate of drug-likeness (QED) is 0.737. The van der Waals surface area contributed by atoms with Crippen molar-refractivity contribution in [2.24, 2.45) is 11.3 Å². The Morgan fingerprint density at radius 1 is 1.11 bits per heavy atom. The lowest BCUT2D eigenvalue weighted by atomic mass is 9.86. The summed E-state index contributed by atoms with van der Waals surface area (Å²) in [7, 11) is 0. The summed E-state index contributed by atoms with van der Waals surface area (Å²) in [5.41, 5.74) is 0.494. The van der Waals surface area contributed by atoms with Crippen LogP contribution in [0.5, 0.6) is 0 Å². The molecule has 0 spiro atoms. The maximum atomic E-state index is 5.80. The highest BCUT2D eigenvalue weighted by molar-refractivity contribution is 4.77. The molecule has 108 valence electrons. The Balaban J connectivity index is 2.14. The van der Waals surface area contributed by atoms with E-state index in [1.54, 1.807) is 0 Å². The molecule has 2 heteroatoms. The maximum Gasteiger partial charge on any atom is 0.0600 e. The fraction of sp³-hybridized carbons (Fsp3) is 1.00. The second-order valence-corrected chi connectivity index (χ2v) is 8.02. The van der Waals surface area contributed by atoms with Crippen molar-refractivity contribution in [2.45, 2.75) is 66.4 Å². The van der Waals surface area contributed by atoms with Crippen molar-refractivity contribution in [3.63, 3.8) is 0 Å². The summed E-state index contributed by atoms with van der Waals surface area (Å²) < 4.78 is 5.80. The number of hydrogen-bond donors (Lipinski definition) is 0. The third-order valence-electron chi connectivity index (χ3n) is 3.62. The molecular formula is C16H33NO. The average Bonchev–Trinajstić information content (AvgIpc) is 2.60. The molecule has 1 aliphatic heterocycles. The van der Waals surface area contributed by atoms with Crippen LogP contribution in [0.25, 0.3) is 0 Å². The van der Waals surface area contributed by atoms with Crippen molar-refractivity contribution in [1.29, 1.82) is 0 Å². The fourth-order valence-corrected chi connectivity index (χ4v) is 2.47. The van der Waals surface area contributed by atoms with E-state index in [9.17, 15) is 0 Å². The minimum atomic E-state index is 0.00532. The van der Waals surface area contributed by atoms with Gasteiger partial charge in [0.1, 0.15) is 0 Å². The number of likely N-dealkylation sites (tertiary alicyclic amines) is 1. The Morgan fingerprint density at radius 2 is 1.78 bits per heavy atom. The van der Waals surface area contributed by atoms with E-state index in [4.69, 9.17) is 4.74 Å². The van der Waals surface area contributed by atoms with Crippen LogP contribution >= 0.6 is 0 Å². The van der Waals surface area contributed by atoms with Crippen LogP contribution in [0.3, 0.4) is 0 Å². The standard InChI is InChI=1S/C16H33NO/c1-15(2,3)9-7-14-8-10-17(13-14)11-12-18-16(4,5)6/h14H,7-13H2,1-6H3. The maximum absolute atomic E-state index is 5.80. The highest BCUT2D eigenvalue weighted by Gasteiger charge is 2.24. The molecule has 0 amide bonds. The molecule has 1 rings (SSSR count). The first-order valence-electron chi connectivity index (χ1n) is 7.52. The highest BCUT2D eigenvalue weighted by Crippen LogP contribution is 2.28. The van der Waals surface area contributed by atoms with Gasteiger partial charge in [0.05, 0.1) is 12.2 Å². The SMILES string of the molecule is CC(C)(C)CCC1CCN(CCOC(C)(C)C)C1.